The minimum absolute atomic E-state index is 0.0568. The van der Waals surface area contributed by atoms with Crippen molar-refractivity contribution in [2.75, 3.05) is 19.3 Å². The number of hydrogen-bond acceptors (Lipinski definition) is 4. The fourth-order valence-corrected chi connectivity index (χ4v) is 2.83. The highest BCUT2D eigenvalue weighted by Gasteiger charge is 2.10. The summed E-state index contributed by atoms with van der Waals surface area (Å²) in [6.07, 6.45) is 1.22. The van der Waals surface area contributed by atoms with E-state index in [-0.39, 0.29) is 12.3 Å². The maximum atomic E-state index is 12.2. The molecule has 0 fully saturated rings. The minimum atomic E-state index is -2.87. The van der Waals surface area contributed by atoms with Gasteiger partial charge in [-0.25, -0.2) is 4.99 Å². The SMILES string of the molecule is CCNC(=NCc1ccc(SC)cc1)NCC(O)c1ccc(OC(F)F)cc1. The number of aliphatic hydroxyl groups excluding tert-OH is 1. The topological polar surface area (TPSA) is 65.9 Å². The third-order valence-electron chi connectivity index (χ3n) is 3.88. The molecule has 28 heavy (non-hydrogen) atoms. The van der Waals surface area contributed by atoms with Gasteiger partial charge in [0.1, 0.15) is 5.75 Å². The zero-order valence-electron chi connectivity index (χ0n) is 15.9. The summed E-state index contributed by atoms with van der Waals surface area (Å²) in [7, 11) is 0. The predicted octanol–water partition coefficient (Wildman–Crippen LogP) is 3.80. The Kier molecular flexibility index (Phi) is 9.03. The van der Waals surface area contributed by atoms with E-state index >= 15 is 0 Å². The van der Waals surface area contributed by atoms with Crippen LogP contribution in [0.5, 0.6) is 5.75 Å². The number of ether oxygens (including phenoxy) is 1. The molecule has 2 aromatic carbocycles. The van der Waals surface area contributed by atoms with E-state index in [1.165, 1.54) is 17.0 Å². The zero-order valence-corrected chi connectivity index (χ0v) is 16.7. The first kappa shape index (κ1) is 22.0. The lowest BCUT2D eigenvalue weighted by Gasteiger charge is -2.16. The lowest BCUT2D eigenvalue weighted by atomic mass is 10.1. The molecule has 8 heteroatoms. The summed E-state index contributed by atoms with van der Waals surface area (Å²) in [6.45, 7) is 0.523. The van der Waals surface area contributed by atoms with Crippen LogP contribution in [0, 0.1) is 0 Å². The number of nitrogens with zero attached hydrogens (tertiary/aromatic N) is 1. The van der Waals surface area contributed by atoms with Crippen molar-refractivity contribution < 1.29 is 18.6 Å². The first-order chi connectivity index (χ1) is 13.5. The van der Waals surface area contributed by atoms with Gasteiger partial charge < -0.3 is 20.5 Å². The lowest BCUT2D eigenvalue weighted by Crippen LogP contribution is -2.39. The number of alkyl halides is 2. The third kappa shape index (κ3) is 7.36. The van der Waals surface area contributed by atoms with E-state index in [1.807, 2.05) is 25.3 Å². The Bertz CT molecular complexity index is 740. The van der Waals surface area contributed by atoms with Gasteiger partial charge in [0.15, 0.2) is 5.96 Å². The zero-order chi connectivity index (χ0) is 20.4. The van der Waals surface area contributed by atoms with Gasteiger partial charge in [-0.1, -0.05) is 24.3 Å². The van der Waals surface area contributed by atoms with Gasteiger partial charge in [-0.3, -0.25) is 0 Å². The van der Waals surface area contributed by atoms with Crippen LogP contribution in [0.25, 0.3) is 0 Å². The van der Waals surface area contributed by atoms with Crippen LogP contribution >= 0.6 is 11.8 Å². The Morgan fingerprint density at radius 2 is 1.79 bits per heavy atom. The van der Waals surface area contributed by atoms with Crippen molar-refractivity contribution in [2.24, 2.45) is 4.99 Å². The van der Waals surface area contributed by atoms with Crippen LogP contribution in [-0.4, -0.2) is 37.0 Å². The van der Waals surface area contributed by atoms with E-state index < -0.39 is 12.7 Å². The molecule has 3 N–H and O–H groups in total. The molecule has 0 saturated carbocycles. The maximum absolute atomic E-state index is 12.2. The molecule has 2 rings (SSSR count). The van der Waals surface area contributed by atoms with Gasteiger partial charge in [0.2, 0.25) is 0 Å². The van der Waals surface area contributed by atoms with Crippen LogP contribution in [0.1, 0.15) is 24.2 Å². The van der Waals surface area contributed by atoms with E-state index in [1.54, 1.807) is 23.9 Å². The van der Waals surface area contributed by atoms with Gasteiger partial charge in [0, 0.05) is 18.0 Å². The highest BCUT2D eigenvalue weighted by atomic mass is 32.2. The molecule has 5 nitrogen and oxygen atoms in total. The van der Waals surface area contributed by atoms with E-state index in [0.717, 1.165) is 5.56 Å². The van der Waals surface area contributed by atoms with E-state index in [4.69, 9.17) is 0 Å². The molecule has 0 saturated heterocycles. The fraction of sp³-hybridized carbons (Fsp3) is 0.350. The smallest absolute Gasteiger partial charge is 0.387 e. The Hall–Kier alpha value is -2.32. The van der Waals surface area contributed by atoms with Crippen LogP contribution in [-0.2, 0) is 6.54 Å². The first-order valence-electron chi connectivity index (χ1n) is 8.89. The Morgan fingerprint density at radius 3 is 2.36 bits per heavy atom. The van der Waals surface area contributed by atoms with E-state index in [0.29, 0.717) is 24.6 Å². The van der Waals surface area contributed by atoms with Gasteiger partial charge in [0.05, 0.1) is 12.6 Å². The fourth-order valence-electron chi connectivity index (χ4n) is 2.43. The molecule has 2 aromatic rings. The molecule has 0 aliphatic carbocycles. The molecule has 0 aliphatic rings. The molecule has 0 aromatic heterocycles. The van der Waals surface area contributed by atoms with Crippen LogP contribution in [0.15, 0.2) is 58.4 Å². The van der Waals surface area contributed by atoms with E-state index in [2.05, 4.69) is 32.5 Å². The standard InChI is InChI=1S/C20H25F2N3O2S/c1-3-23-20(24-12-14-4-10-17(28-2)11-5-14)25-13-18(26)15-6-8-16(9-7-15)27-19(21)22/h4-11,18-19,26H,3,12-13H2,1-2H3,(H2,23,24,25). The van der Waals surface area contributed by atoms with Crippen LogP contribution < -0.4 is 15.4 Å². The summed E-state index contributed by atoms with van der Waals surface area (Å²) in [4.78, 5) is 5.72. The molecule has 0 bridgehead atoms. The number of thioether (sulfide) groups is 1. The summed E-state index contributed by atoms with van der Waals surface area (Å²) in [5, 5.41) is 16.5. The average molecular weight is 410 g/mol. The molecular weight excluding hydrogens is 384 g/mol. The maximum Gasteiger partial charge on any atom is 0.387 e. The summed E-state index contributed by atoms with van der Waals surface area (Å²) < 4.78 is 28.7. The van der Waals surface area contributed by atoms with Crippen molar-refractivity contribution in [3.63, 3.8) is 0 Å². The second-order valence-electron chi connectivity index (χ2n) is 5.89. The van der Waals surface area contributed by atoms with Gasteiger partial charge in [-0.15, -0.1) is 11.8 Å². The number of benzene rings is 2. The minimum Gasteiger partial charge on any atom is -0.435 e. The number of halogens is 2. The molecular formula is C20H25F2N3O2S. The molecule has 1 unspecified atom stereocenters. The Balaban J connectivity index is 1.91. The molecule has 0 radical (unpaired) electrons. The molecule has 0 aliphatic heterocycles. The van der Waals surface area contributed by atoms with Crippen molar-refractivity contribution in [2.45, 2.75) is 31.1 Å². The lowest BCUT2D eigenvalue weighted by molar-refractivity contribution is -0.0498. The Morgan fingerprint density at radius 1 is 1.11 bits per heavy atom. The monoisotopic (exact) mass is 409 g/mol. The van der Waals surface area contributed by atoms with Gasteiger partial charge in [-0.2, -0.15) is 8.78 Å². The number of aliphatic imine (C=N–C) groups is 1. The van der Waals surface area contributed by atoms with Gasteiger partial charge >= 0.3 is 6.61 Å². The highest BCUT2D eigenvalue weighted by Crippen LogP contribution is 2.19. The largest absolute Gasteiger partial charge is 0.435 e. The number of guanidine groups is 1. The van der Waals surface area contributed by atoms with Crippen LogP contribution in [0.3, 0.4) is 0 Å². The molecule has 152 valence electrons. The molecule has 0 spiro atoms. The van der Waals surface area contributed by atoms with Crippen molar-refractivity contribution in [3.05, 3.63) is 59.7 Å². The number of hydrogen-bond donors (Lipinski definition) is 3. The van der Waals surface area contributed by atoms with Crippen LogP contribution in [0.2, 0.25) is 0 Å². The van der Waals surface area contributed by atoms with Crippen molar-refractivity contribution >= 4 is 17.7 Å². The molecule has 0 heterocycles. The summed E-state index contributed by atoms with van der Waals surface area (Å²) in [6, 6.07) is 14.1. The van der Waals surface area contributed by atoms with Crippen molar-refractivity contribution in [1.82, 2.24) is 10.6 Å². The predicted molar refractivity (Wildman–Crippen MR) is 109 cm³/mol. The summed E-state index contributed by atoms with van der Waals surface area (Å²) >= 11 is 1.69. The normalized spacial score (nSPS) is 12.7. The number of rotatable bonds is 9. The van der Waals surface area contributed by atoms with Gasteiger partial charge in [-0.05, 0) is 48.6 Å². The molecule has 0 amide bonds. The number of nitrogens with one attached hydrogen (secondary N) is 2. The number of aliphatic hydroxyl groups is 1. The summed E-state index contributed by atoms with van der Waals surface area (Å²) in [5.74, 6) is 0.648. The van der Waals surface area contributed by atoms with Crippen molar-refractivity contribution in [1.29, 1.82) is 0 Å². The second kappa shape index (κ2) is 11.5. The van der Waals surface area contributed by atoms with Crippen molar-refractivity contribution in [3.8, 4) is 5.75 Å². The molecule has 1 atom stereocenters. The van der Waals surface area contributed by atoms with Crippen LogP contribution in [0.4, 0.5) is 8.78 Å². The first-order valence-corrected chi connectivity index (χ1v) is 10.1. The average Bonchev–Trinajstić information content (AvgIpc) is 2.70. The quantitative estimate of drug-likeness (QED) is 0.334. The summed E-state index contributed by atoms with van der Waals surface area (Å²) in [5.41, 5.74) is 1.68. The Labute approximate surface area is 168 Å². The van der Waals surface area contributed by atoms with E-state index in [9.17, 15) is 13.9 Å². The third-order valence-corrected chi connectivity index (χ3v) is 4.62. The highest BCUT2D eigenvalue weighted by molar-refractivity contribution is 7.98. The second-order valence-corrected chi connectivity index (χ2v) is 6.77. The van der Waals surface area contributed by atoms with Gasteiger partial charge in [0.25, 0.3) is 0 Å².